The number of nitrogens with one attached hydrogen (secondary N) is 2. The van der Waals surface area contributed by atoms with Crippen molar-refractivity contribution in [2.24, 2.45) is 5.10 Å². The maximum Gasteiger partial charge on any atom is 0.191 e. The zero-order chi connectivity index (χ0) is 13.7. The fraction of sp³-hybridized carbons (Fsp3) is 0.467. The Morgan fingerprint density at radius 1 is 1.32 bits per heavy atom. The van der Waals surface area contributed by atoms with Gasteiger partial charge in [-0.25, -0.2) is 0 Å². The Hall–Kier alpha value is -1.42. The summed E-state index contributed by atoms with van der Waals surface area (Å²) in [4.78, 5) is 0. The van der Waals surface area contributed by atoms with Gasteiger partial charge in [-0.15, -0.1) is 0 Å². The molecular formula is C15H21N3S. The predicted molar refractivity (Wildman–Crippen MR) is 85.8 cm³/mol. The van der Waals surface area contributed by atoms with Gasteiger partial charge >= 0.3 is 0 Å². The van der Waals surface area contributed by atoms with E-state index in [4.69, 9.17) is 12.2 Å². The van der Waals surface area contributed by atoms with Crippen molar-refractivity contribution in [3.63, 3.8) is 0 Å². The normalized spacial score (nSPS) is 14.3. The molecule has 2 N–H and O–H groups in total. The van der Waals surface area contributed by atoms with E-state index in [-0.39, 0.29) is 0 Å². The molecule has 0 aromatic heterocycles. The molecule has 0 spiro atoms. The summed E-state index contributed by atoms with van der Waals surface area (Å²) in [5, 5.41) is 8.21. The Morgan fingerprint density at radius 2 is 2.05 bits per heavy atom. The van der Waals surface area contributed by atoms with Crippen LogP contribution in [-0.2, 0) is 6.42 Å². The van der Waals surface area contributed by atoms with Gasteiger partial charge in [0.1, 0.15) is 0 Å². The SMILES string of the molecule is CCc1cccc(C)c1NC(=S)NN=C1CCCC1. The molecule has 1 aliphatic carbocycles. The second kappa shape index (κ2) is 6.66. The third kappa shape index (κ3) is 3.77. The van der Waals surface area contributed by atoms with Crippen LogP contribution in [0.2, 0.25) is 0 Å². The van der Waals surface area contributed by atoms with Crippen molar-refractivity contribution in [3.05, 3.63) is 29.3 Å². The topological polar surface area (TPSA) is 36.4 Å². The van der Waals surface area contributed by atoms with Crippen molar-refractivity contribution in [2.45, 2.75) is 46.0 Å². The fourth-order valence-electron chi connectivity index (χ4n) is 2.37. The zero-order valence-electron chi connectivity index (χ0n) is 11.6. The van der Waals surface area contributed by atoms with Gasteiger partial charge in [0, 0.05) is 11.4 Å². The summed E-state index contributed by atoms with van der Waals surface area (Å²) in [6, 6.07) is 6.29. The van der Waals surface area contributed by atoms with Crippen molar-refractivity contribution >= 4 is 28.7 Å². The van der Waals surface area contributed by atoms with E-state index in [1.807, 2.05) is 0 Å². The number of hydrazone groups is 1. The standard InChI is InChI=1S/C15H21N3S/c1-3-12-8-6-7-11(2)14(12)16-15(19)18-17-13-9-4-5-10-13/h6-8H,3-5,9-10H2,1-2H3,(H2,16,18,19). The fourth-order valence-corrected chi connectivity index (χ4v) is 2.52. The Labute approximate surface area is 120 Å². The van der Waals surface area contributed by atoms with E-state index in [1.54, 1.807) is 0 Å². The Morgan fingerprint density at radius 3 is 2.74 bits per heavy atom. The van der Waals surface area contributed by atoms with Gasteiger partial charge in [0.2, 0.25) is 0 Å². The van der Waals surface area contributed by atoms with Crippen molar-refractivity contribution in [1.29, 1.82) is 0 Å². The quantitative estimate of drug-likeness (QED) is 0.651. The molecule has 0 saturated heterocycles. The number of thiocarbonyl (C=S) groups is 1. The molecule has 1 fully saturated rings. The molecule has 0 unspecified atom stereocenters. The van der Waals surface area contributed by atoms with Crippen molar-refractivity contribution < 1.29 is 0 Å². The Kier molecular flexibility index (Phi) is 4.91. The van der Waals surface area contributed by atoms with Gasteiger partial charge in [-0.3, -0.25) is 5.43 Å². The van der Waals surface area contributed by atoms with E-state index in [9.17, 15) is 0 Å². The number of hydrogen-bond donors (Lipinski definition) is 2. The minimum Gasteiger partial charge on any atom is -0.331 e. The summed E-state index contributed by atoms with van der Waals surface area (Å²) in [6.07, 6.45) is 5.68. The summed E-state index contributed by atoms with van der Waals surface area (Å²) in [6.45, 7) is 4.24. The lowest BCUT2D eigenvalue weighted by Gasteiger charge is -2.14. The molecule has 0 heterocycles. The highest BCUT2D eigenvalue weighted by molar-refractivity contribution is 7.80. The van der Waals surface area contributed by atoms with Gasteiger partial charge < -0.3 is 5.32 Å². The lowest BCUT2D eigenvalue weighted by Crippen LogP contribution is -2.25. The second-order valence-electron chi connectivity index (χ2n) is 4.91. The van der Waals surface area contributed by atoms with Gasteiger partial charge in [0.15, 0.2) is 5.11 Å². The van der Waals surface area contributed by atoms with Gasteiger partial charge in [0.25, 0.3) is 0 Å². The third-order valence-electron chi connectivity index (χ3n) is 3.47. The molecule has 4 heteroatoms. The van der Waals surface area contributed by atoms with Crippen LogP contribution in [0.5, 0.6) is 0 Å². The first-order valence-corrected chi connectivity index (χ1v) is 7.32. The molecule has 0 amide bonds. The summed E-state index contributed by atoms with van der Waals surface area (Å²) in [7, 11) is 0. The first-order chi connectivity index (χ1) is 9.20. The molecule has 0 atom stereocenters. The molecule has 1 aliphatic rings. The number of hydrogen-bond acceptors (Lipinski definition) is 2. The number of aryl methyl sites for hydroxylation is 2. The first-order valence-electron chi connectivity index (χ1n) is 6.91. The third-order valence-corrected chi connectivity index (χ3v) is 3.67. The molecule has 0 bridgehead atoms. The van der Waals surface area contributed by atoms with Crippen LogP contribution in [0.3, 0.4) is 0 Å². The summed E-state index contributed by atoms with van der Waals surface area (Å²) in [5.74, 6) is 0. The van der Waals surface area contributed by atoms with E-state index in [2.05, 4.69) is 47.9 Å². The van der Waals surface area contributed by atoms with E-state index in [0.29, 0.717) is 5.11 Å². The highest BCUT2D eigenvalue weighted by Crippen LogP contribution is 2.21. The zero-order valence-corrected chi connectivity index (χ0v) is 12.4. The molecular weight excluding hydrogens is 254 g/mol. The maximum absolute atomic E-state index is 5.31. The predicted octanol–water partition coefficient (Wildman–Crippen LogP) is 3.77. The average Bonchev–Trinajstić information content (AvgIpc) is 2.92. The van der Waals surface area contributed by atoms with E-state index in [0.717, 1.165) is 24.9 Å². The molecule has 102 valence electrons. The van der Waals surface area contributed by atoms with Crippen LogP contribution in [0, 0.1) is 6.92 Å². The smallest absolute Gasteiger partial charge is 0.191 e. The van der Waals surface area contributed by atoms with Crippen molar-refractivity contribution in [1.82, 2.24) is 5.43 Å². The number of benzene rings is 1. The molecule has 19 heavy (non-hydrogen) atoms. The summed E-state index contributed by atoms with van der Waals surface area (Å²) in [5.41, 5.74) is 7.77. The molecule has 0 radical (unpaired) electrons. The Bertz CT molecular complexity index is 486. The molecule has 0 aliphatic heterocycles. The molecule has 3 nitrogen and oxygen atoms in total. The maximum atomic E-state index is 5.31. The van der Waals surface area contributed by atoms with Gasteiger partial charge in [-0.2, -0.15) is 5.10 Å². The second-order valence-corrected chi connectivity index (χ2v) is 5.32. The van der Waals surface area contributed by atoms with E-state index in [1.165, 1.54) is 29.7 Å². The molecule has 1 aromatic carbocycles. The number of nitrogens with zero attached hydrogens (tertiary/aromatic N) is 1. The Balaban J connectivity index is 2.00. The number of para-hydroxylation sites is 1. The molecule has 1 aromatic rings. The van der Waals surface area contributed by atoms with Gasteiger partial charge in [0.05, 0.1) is 0 Å². The van der Waals surface area contributed by atoms with Crippen LogP contribution < -0.4 is 10.7 Å². The van der Waals surface area contributed by atoms with Crippen LogP contribution in [0.4, 0.5) is 5.69 Å². The number of anilines is 1. The lowest BCUT2D eigenvalue weighted by molar-refractivity contribution is 0.886. The summed E-state index contributed by atoms with van der Waals surface area (Å²) < 4.78 is 0. The van der Waals surface area contributed by atoms with E-state index >= 15 is 0 Å². The minimum atomic E-state index is 0.573. The van der Waals surface area contributed by atoms with Crippen LogP contribution in [0.15, 0.2) is 23.3 Å². The van der Waals surface area contributed by atoms with Crippen LogP contribution in [0.1, 0.15) is 43.7 Å². The minimum absolute atomic E-state index is 0.573. The van der Waals surface area contributed by atoms with Crippen molar-refractivity contribution in [3.8, 4) is 0 Å². The van der Waals surface area contributed by atoms with Crippen LogP contribution in [0.25, 0.3) is 0 Å². The molecule has 1 saturated carbocycles. The van der Waals surface area contributed by atoms with Gasteiger partial charge in [-0.1, -0.05) is 25.1 Å². The molecule has 2 rings (SSSR count). The average molecular weight is 275 g/mol. The summed E-state index contributed by atoms with van der Waals surface area (Å²) >= 11 is 5.31. The highest BCUT2D eigenvalue weighted by atomic mass is 32.1. The monoisotopic (exact) mass is 275 g/mol. The van der Waals surface area contributed by atoms with Crippen LogP contribution >= 0.6 is 12.2 Å². The van der Waals surface area contributed by atoms with Gasteiger partial charge in [-0.05, 0) is 62.4 Å². The van der Waals surface area contributed by atoms with E-state index < -0.39 is 0 Å². The first kappa shape index (κ1) is 14.0. The van der Waals surface area contributed by atoms with Crippen LogP contribution in [-0.4, -0.2) is 10.8 Å². The highest BCUT2D eigenvalue weighted by Gasteiger charge is 2.09. The lowest BCUT2D eigenvalue weighted by atomic mass is 10.1. The van der Waals surface area contributed by atoms with Crippen molar-refractivity contribution in [2.75, 3.05) is 5.32 Å². The largest absolute Gasteiger partial charge is 0.331 e. The number of rotatable bonds is 3.